The molecule has 1 aromatic carbocycles. The van der Waals surface area contributed by atoms with Gasteiger partial charge in [0, 0.05) is 13.5 Å². The summed E-state index contributed by atoms with van der Waals surface area (Å²) < 4.78 is 14.3. The van der Waals surface area contributed by atoms with Crippen LogP contribution in [-0.4, -0.2) is 39.0 Å². The van der Waals surface area contributed by atoms with Gasteiger partial charge in [-0.15, -0.1) is 5.10 Å². The number of carbonyl (C=O) groups excluding carboxylic acids is 1. The number of carbonyl (C=O) groups is 1. The normalized spacial score (nSPS) is 10.5. The highest BCUT2D eigenvalue weighted by Crippen LogP contribution is 2.18. The Hall–Kier alpha value is -2.28. The number of hydrogen-bond donors (Lipinski definition) is 2. The van der Waals surface area contributed by atoms with Crippen molar-refractivity contribution >= 4 is 11.6 Å². The predicted molar refractivity (Wildman–Crippen MR) is 66.9 cm³/mol. The van der Waals surface area contributed by atoms with Crippen LogP contribution in [0.15, 0.2) is 24.3 Å². The molecule has 1 heterocycles. The number of nitrogens with zero attached hydrogens (tertiary/aromatic N) is 3. The molecule has 0 aliphatic carbocycles. The molecule has 7 heteroatoms. The van der Waals surface area contributed by atoms with Crippen LogP contribution in [0.3, 0.4) is 0 Å². The van der Waals surface area contributed by atoms with Gasteiger partial charge < -0.3 is 10.4 Å². The van der Waals surface area contributed by atoms with Crippen LogP contribution < -0.4 is 5.32 Å². The maximum Gasteiger partial charge on any atom is 0.183 e. The Morgan fingerprint density at radius 3 is 2.68 bits per heavy atom. The molecule has 2 N–H and O–H groups in total. The number of Topliss-reactive ketones (excluding diaryl/α,β-unsaturated/α-hetero) is 1. The molecule has 0 saturated heterocycles. The lowest BCUT2D eigenvalue weighted by molar-refractivity contribution is 0.101. The van der Waals surface area contributed by atoms with Gasteiger partial charge in [0.05, 0.1) is 12.3 Å². The van der Waals surface area contributed by atoms with E-state index in [9.17, 15) is 9.18 Å². The summed E-state index contributed by atoms with van der Waals surface area (Å²) in [5.41, 5.74) is 0.750. The largest absolute Gasteiger partial charge is 0.395 e. The van der Waals surface area contributed by atoms with Crippen molar-refractivity contribution in [3.05, 3.63) is 35.8 Å². The number of aliphatic hydroxyl groups is 1. The fourth-order valence-electron chi connectivity index (χ4n) is 1.61. The van der Waals surface area contributed by atoms with Gasteiger partial charge in [0.25, 0.3) is 0 Å². The van der Waals surface area contributed by atoms with Crippen LogP contribution in [0.25, 0.3) is 5.69 Å². The molecule has 1 aromatic heterocycles. The van der Waals surface area contributed by atoms with E-state index in [1.807, 2.05) is 0 Å². The number of aromatic nitrogens is 3. The van der Waals surface area contributed by atoms with E-state index in [1.165, 1.54) is 35.9 Å². The van der Waals surface area contributed by atoms with Crippen molar-refractivity contribution < 1.29 is 14.3 Å². The average molecular weight is 264 g/mol. The van der Waals surface area contributed by atoms with Crippen LogP contribution in [-0.2, 0) is 0 Å². The minimum absolute atomic E-state index is 0.0913. The maximum atomic E-state index is 12.9. The van der Waals surface area contributed by atoms with Crippen LogP contribution in [0.5, 0.6) is 0 Å². The molecular weight excluding hydrogens is 251 g/mol. The molecule has 0 spiro atoms. The molecule has 0 unspecified atom stereocenters. The van der Waals surface area contributed by atoms with Gasteiger partial charge in [0.2, 0.25) is 0 Å². The van der Waals surface area contributed by atoms with E-state index in [0.717, 1.165) is 0 Å². The summed E-state index contributed by atoms with van der Waals surface area (Å²) >= 11 is 0. The molecule has 100 valence electrons. The first-order valence-corrected chi connectivity index (χ1v) is 5.71. The minimum Gasteiger partial charge on any atom is -0.395 e. The van der Waals surface area contributed by atoms with E-state index < -0.39 is 0 Å². The third kappa shape index (κ3) is 2.76. The van der Waals surface area contributed by atoms with Gasteiger partial charge in [-0.05, 0) is 24.3 Å². The zero-order valence-electron chi connectivity index (χ0n) is 10.3. The number of ketones is 1. The number of aliphatic hydroxyl groups excluding tert-OH is 1. The molecule has 0 radical (unpaired) electrons. The van der Waals surface area contributed by atoms with Gasteiger partial charge in [0.15, 0.2) is 17.3 Å². The maximum absolute atomic E-state index is 12.9. The molecule has 0 bridgehead atoms. The Balaban J connectivity index is 2.44. The smallest absolute Gasteiger partial charge is 0.183 e. The molecule has 0 saturated carbocycles. The number of halogens is 1. The summed E-state index contributed by atoms with van der Waals surface area (Å²) in [6.45, 7) is 1.55. The third-order valence-electron chi connectivity index (χ3n) is 2.48. The fourth-order valence-corrected chi connectivity index (χ4v) is 1.61. The van der Waals surface area contributed by atoms with E-state index in [2.05, 4.69) is 15.6 Å². The zero-order chi connectivity index (χ0) is 13.8. The first-order valence-electron chi connectivity index (χ1n) is 5.71. The lowest BCUT2D eigenvalue weighted by atomic mass is 10.3. The number of anilines is 1. The summed E-state index contributed by atoms with van der Waals surface area (Å²) in [4.78, 5) is 11.4. The lowest BCUT2D eigenvalue weighted by Gasteiger charge is -2.08. The highest BCUT2D eigenvalue weighted by Gasteiger charge is 2.17. The fraction of sp³-hybridized carbons (Fsp3) is 0.250. The SMILES string of the molecule is CC(=O)c1nnn(-c2ccc(F)cc2)c1NCCO. The third-order valence-corrected chi connectivity index (χ3v) is 2.48. The summed E-state index contributed by atoms with van der Waals surface area (Å²) in [6, 6.07) is 5.64. The molecule has 2 aromatic rings. The van der Waals surface area contributed by atoms with Gasteiger partial charge in [-0.1, -0.05) is 5.21 Å². The topological polar surface area (TPSA) is 80.0 Å². The van der Waals surface area contributed by atoms with Crippen LogP contribution >= 0.6 is 0 Å². The number of nitrogens with one attached hydrogen (secondary N) is 1. The van der Waals surface area contributed by atoms with E-state index in [-0.39, 0.29) is 30.4 Å². The Bertz CT molecular complexity index is 580. The van der Waals surface area contributed by atoms with Gasteiger partial charge in [-0.25, -0.2) is 4.39 Å². The highest BCUT2D eigenvalue weighted by molar-refractivity contribution is 5.96. The quantitative estimate of drug-likeness (QED) is 0.788. The van der Waals surface area contributed by atoms with E-state index in [4.69, 9.17) is 5.11 Å². The number of benzene rings is 1. The van der Waals surface area contributed by atoms with Gasteiger partial charge in [-0.2, -0.15) is 4.68 Å². The van der Waals surface area contributed by atoms with Gasteiger partial charge >= 0.3 is 0 Å². The molecule has 0 fully saturated rings. The van der Waals surface area contributed by atoms with Gasteiger partial charge in [-0.3, -0.25) is 4.79 Å². The van der Waals surface area contributed by atoms with Crippen molar-refractivity contribution in [2.45, 2.75) is 6.92 Å². The predicted octanol–water partition coefficient (Wildman–Crippen LogP) is 1.01. The van der Waals surface area contributed by atoms with E-state index in [0.29, 0.717) is 11.5 Å². The molecule has 0 amide bonds. The van der Waals surface area contributed by atoms with Crippen LogP contribution in [0.2, 0.25) is 0 Å². The first kappa shape index (κ1) is 13.2. The Labute approximate surface area is 108 Å². The number of hydrogen-bond acceptors (Lipinski definition) is 5. The van der Waals surface area contributed by atoms with Crippen molar-refractivity contribution in [1.82, 2.24) is 15.0 Å². The Morgan fingerprint density at radius 2 is 2.11 bits per heavy atom. The van der Waals surface area contributed by atoms with Crippen molar-refractivity contribution in [3.63, 3.8) is 0 Å². The minimum atomic E-state index is -0.361. The number of rotatable bonds is 5. The van der Waals surface area contributed by atoms with Crippen molar-refractivity contribution in [3.8, 4) is 5.69 Å². The van der Waals surface area contributed by atoms with Crippen molar-refractivity contribution in [2.75, 3.05) is 18.5 Å². The second kappa shape index (κ2) is 5.57. The van der Waals surface area contributed by atoms with Crippen molar-refractivity contribution in [2.24, 2.45) is 0 Å². The second-order valence-corrected chi connectivity index (χ2v) is 3.88. The molecule has 0 aliphatic rings. The molecule has 0 aliphatic heterocycles. The lowest BCUT2D eigenvalue weighted by Crippen LogP contribution is -2.12. The molecule has 19 heavy (non-hydrogen) atoms. The summed E-state index contributed by atoms with van der Waals surface area (Å²) in [5, 5.41) is 19.4. The van der Waals surface area contributed by atoms with E-state index in [1.54, 1.807) is 0 Å². The van der Waals surface area contributed by atoms with E-state index >= 15 is 0 Å². The monoisotopic (exact) mass is 264 g/mol. The van der Waals surface area contributed by atoms with Crippen molar-refractivity contribution in [1.29, 1.82) is 0 Å². The summed E-state index contributed by atoms with van der Waals surface area (Å²) in [5.74, 6) is -0.220. The summed E-state index contributed by atoms with van der Waals surface area (Å²) in [6.07, 6.45) is 0. The average Bonchev–Trinajstić information content (AvgIpc) is 2.81. The Morgan fingerprint density at radius 1 is 1.42 bits per heavy atom. The van der Waals surface area contributed by atoms with Gasteiger partial charge in [0.1, 0.15) is 5.82 Å². The first-order chi connectivity index (χ1) is 9.13. The standard InChI is InChI=1S/C12H13FN4O2/c1-8(19)11-12(14-6-7-18)17(16-15-11)10-4-2-9(13)3-5-10/h2-5,14,18H,6-7H2,1H3. The Kier molecular flexibility index (Phi) is 3.86. The molecular formula is C12H13FN4O2. The van der Waals surface area contributed by atoms with Crippen LogP contribution in [0, 0.1) is 5.82 Å². The molecule has 6 nitrogen and oxygen atoms in total. The van der Waals surface area contributed by atoms with Crippen LogP contribution in [0.4, 0.5) is 10.2 Å². The zero-order valence-corrected chi connectivity index (χ0v) is 10.3. The molecule has 2 rings (SSSR count). The highest BCUT2D eigenvalue weighted by atomic mass is 19.1. The molecule has 0 atom stereocenters. The summed E-state index contributed by atoms with van der Waals surface area (Å²) in [7, 11) is 0. The second-order valence-electron chi connectivity index (χ2n) is 3.88. The van der Waals surface area contributed by atoms with Crippen LogP contribution in [0.1, 0.15) is 17.4 Å².